The Bertz CT molecular complexity index is 288. The average Bonchev–Trinajstić information content (AvgIpc) is 2.25. The van der Waals surface area contributed by atoms with Gasteiger partial charge in [0.25, 0.3) is 0 Å². The molecule has 1 aliphatic rings. The molecule has 1 N–H and O–H groups in total. The highest BCUT2D eigenvalue weighted by Gasteiger charge is 2.32. The van der Waals surface area contributed by atoms with Gasteiger partial charge in [-0.1, -0.05) is 19.8 Å². The Morgan fingerprint density at radius 2 is 1.88 bits per heavy atom. The maximum Gasteiger partial charge on any atom is 0.323 e. The minimum atomic E-state index is -0.935. The van der Waals surface area contributed by atoms with Gasteiger partial charge >= 0.3 is 5.97 Å². The first-order chi connectivity index (χ1) is 7.93. The van der Waals surface area contributed by atoms with Crippen LogP contribution in [0.2, 0.25) is 0 Å². The molecule has 0 spiro atoms. The van der Waals surface area contributed by atoms with E-state index in [4.69, 9.17) is 5.11 Å². The second-order valence-corrected chi connectivity index (χ2v) is 5.32. The normalized spacial score (nSPS) is 24.7. The SMILES string of the molecule is CC1CCCCC1C(=O)N(CC(=O)O)C(C)C. The Hall–Kier alpha value is -1.06. The lowest BCUT2D eigenvalue weighted by atomic mass is 9.79. The Labute approximate surface area is 103 Å². The minimum absolute atomic E-state index is 0.0190. The molecule has 2 atom stereocenters. The van der Waals surface area contributed by atoms with Crippen molar-refractivity contribution in [2.45, 2.75) is 52.5 Å². The van der Waals surface area contributed by atoms with Gasteiger partial charge in [0.05, 0.1) is 0 Å². The molecule has 4 heteroatoms. The van der Waals surface area contributed by atoms with Gasteiger partial charge < -0.3 is 10.0 Å². The van der Waals surface area contributed by atoms with Crippen LogP contribution in [0.15, 0.2) is 0 Å². The largest absolute Gasteiger partial charge is 0.480 e. The third kappa shape index (κ3) is 3.72. The molecule has 17 heavy (non-hydrogen) atoms. The third-order valence-electron chi connectivity index (χ3n) is 3.64. The first-order valence-electron chi connectivity index (χ1n) is 6.45. The van der Waals surface area contributed by atoms with Crippen molar-refractivity contribution in [1.29, 1.82) is 0 Å². The number of hydrogen-bond donors (Lipinski definition) is 1. The quantitative estimate of drug-likeness (QED) is 0.820. The average molecular weight is 241 g/mol. The standard InChI is InChI=1S/C13H23NO3/c1-9(2)14(8-12(15)16)13(17)11-7-5-4-6-10(11)3/h9-11H,4-8H2,1-3H3,(H,15,16). The van der Waals surface area contributed by atoms with Crippen LogP contribution in [0, 0.1) is 11.8 Å². The van der Waals surface area contributed by atoms with E-state index < -0.39 is 5.97 Å². The summed E-state index contributed by atoms with van der Waals surface area (Å²) in [5, 5.41) is 8.85. The summed E-state index contributed by atoms with van der Waals surface area (Å²) in [6.45, 7) is 5.66. The highest BCUT2D eigenvalue weighted by atomic mass is 16.4. The third-order valence-corrected chi connectivity index (χ3v) is 3.64. The van der Waals surface area contributed by atoms with Gasteiger partial charge in [0, 0.05) is 12.0 Å². The van der Waals surface area contributed by atoms with Gasteiger partial charge in [0.2, 0.25) is 5.91 Å². The molecule has 0 saturated heterocycles. The lowest BCUT2D eigenvalue weighted by Gasteiger charge is -2.34. The molecule has 2 unspecified atom stereocenters. The molecule has 1 fully saturated rings. The first-order valence-corrected chi connectivity index (χ1v) is 6.45. The van der Waals surface area contributed by atoms with Crippen LogP contribution in [-0.2, 0) is 9.59 Å². The van der Waals surface area contributed by atoms with E-state index in [0.29, 0.717) is 5.92 Å². The van der Waals surface area contributed by atoms with Crippen LogP contribution in [-0.4, -0.2) is 34.5 Å². The predicted molar refractivity (Wildman–Crippen MR) is 65.6 cm³/mol. The molecule has 98 valence electrons. The lowest BCUT2D eigenvalue weighted by Crippen LogP contribution is -2.46. The van der Waals surface area contributed by atoms with Crippen LogP contribution in [0.1, 0.15) is 46.5 Å². The fraction of sp³-hybridized carbons (Fsp3) is 0.846. The van der Waals surface area contributed by atoms with Crippen molar-refractivity contribution in [3.8, 4) is 0 Å². The van der Waals surface area contributed by atoms with Crippen LogP contribution in [0.4, 0.5) is 0 Å². The summed E-state index contributed by atoms with van der Waals surface area (Å²) in [5.74, 6) is -0.512. The first kappa shape index (κ1) is 14.0. The zero-order chi connectivity index (χ0) is 13.0. The van der Waals surface area contributed by atoms with Crippen LogP contribution < -0.4 is 0 Å². The number of carboxylic acids is 1. The summed E-state index contributed by atoms with van der Waals surface area (Å²) in [6.07, 6.45) is 4.25. The van der Waals surface area contributed by atoms with Gasteiger partial charge in [-0.3, -0.25) is 9.59 Å². The number of aliphatic carboxylic acids is 1. The number of nitrogens with zero attached hydrogens (tertiary/aromatic N) is 1. The van der Waals surface area contributed by atoms with E-state index in [-0.39, 0.29) is 24.4 Å². The summed E-state index contributed by atoms with van der Waals surface area (Å²) in [7, 11) is 0. The predicted octanol–water partition coefficient (Wildman–Crippen LogP) is 2.13. The highest BCUT2D eigenvalue weighted by Crippen LogP contribution is 2.31. The van der Waals surface area contributed by atoms with Gasteiger partial charge in [-0.15, -0.1) is 0 Å². The van der Waals surface area contributed by atoms with E-state index in [1.807, 2.05) is 13.8 Å². The van der Waals surface area contributed by atoms with Gasteiger partial charge in [-0.25, -0.2) is 0 Å². The summed E-state index contributed by atoms with van der Waals surface area (Å²) in [6, 6.07) is -0.0484. The van der Waals surface area contributed by atoms with Crippen molar-refractivity contribution in [1.82, 2.24) is 4.90 Å². The second-order valence-electron chi connectivity index (χ2n) is 5.32. The summed E-state index contributed by atoms with van der Waals surface area (Å²) in [4.78, 5) is 24.6. The number of amides is 1. The second kappa shape index (κ2) is 6.03. The topological polar surface area (TPSA) is 57.6 Å². The van der Waals surface area contributed by atoms with E-state index in [2.05, 4.69) is 6.92 Å². The van der Waals surface area contributed by atoms with E-state index in [0.717, 1.165) is 19.3 Å². The smallest absolute Gasteiger partial charge is 0.323 e. The summed E-state index contributed by atoms with van der Waals surface area (Å²) in [5.41, 5.74) is 0. The zero-order valence-corrected chi connectivity index (χ0v) is 11.0. The van der Waals surface area contributed by atoms with Gasteiger partial charge in [-0.05, 0) is 32.6 Å². The van der Waals surface area contributed by atoms with E-state index in [9.17, 15) is 9.59 Å². The number of hydrogen-bond acceptors (Lipinski definition) is 2. The molecule has 4 nitrogen and oxygen atoms in total. The lowest BCUT2D eigenvalue weighted by molar-refractivity contribution is -0.149. The Morgan fingerprint density at radius 3 is 2.35 bits per heavy atom. The van der Waals surface area contributed by atoms with Gasteiger partial charge in [0.15, 0.2) is 0 Å². The van der Waals surface area contributed by atoms with Crippen LogP contribution >= 0.6 is 0 Å². The summed E-state index contributed by atoms with van der Waals surface area (Å²) >= 11 is 0. The van der Waals surface area contributed by atoms with Gasteiger partial charge in [-0.2, -0.15) is 0 Å². The monoisotopic (exact) mass is 241 g/mol. The maximum absolute atomic E-state index is 12.3. The highest BCUT2D eigenvalue weighted by molar-refractivity contribution is 5.83. The molecule has 1 rings (SSSR count). The molecule has 0 aromatic rings. The van der Waals surface area contributed by atoms with Crippen LogP contribution in [0.5, 0.6) is 0 Å². The van der Waals surface area contributed by atoms with Crippen molar-refractivity contribution < 1.29 is 14.7 Å². The molecule has 0 heterocycles. The van der Waals surface area contributed by atoms with E-state index in [1.54, 1.807) is 0 Å². The van der Waals surface area contributed by atoms with Crippen LogP contribution in [0.3, 0.4) is 0 Å². The minimum Gasteiger partial charge on any atom is -0.480 e. The van der Waals surface area contributed by atoms with Crippen molar-refractivity contribution in [2.75, 3.05) is 6.54 Å². The van der Waals surface area contributed by atoms with E-state index >= 15 is 0 Å². The number of carbonyl (C=O) groups is 2. The zero-order valence-electron chi connectivity index (χ0n) is 11.0. The van der Waals surface area contributed by atoms with Crippen molar-refractivity contribution >= 4 is 11.9 Å². The molecule has 0 aliphatic heterocycles. The Morgan fingerprint density at radius 1 is 1.29 bits per heavy atom. The molecule has 1 amide bonds. The fourth-order valence-electron chi connectivity index (χ4n) is 2.56. The maximum atomic E-state index is 12.3. The molecule has 0 radical (unpaired) electrons. The molecule has 0 aromatic carbocycles. The molecule has 1 saturated carbocycles. The number of carbonyl (C=O) groups excluding carboxylic acids is 1. The number of carboxylic acid groups (broad SMARTS) is 1. The Kier molecular flexibility index (Phi) is 4.97. The molecular weight excluding hydrogens is 218 g/mol. The molecule has 0 aromatic heterocycles. The van der Waals surface area contributed by atoms with Gasteiger partial charge in [0.1, 0.15) is 6.54 Å². The van der Waals surface area contributed by atoms with E-state index in [1.165, 1.54) is 11.3 Å². The van der Waals surface area contributed by atoms with Crippen molar-refractivity contribution in [3.05, 3.63) is 0 Å². The van der Waals surface area contributed by atoms with Crippen molar-refractivity contribution in [3.63, 3.8) is 0 Å². The molecule has 1 aliphatic carbocycles. The number of rotatable bonds is 4. The summed E-state index contributed by atoms with van der Waals surface area (Å²) < 4.78 is 0. The molecular formula is C13H23NO3. The van der Waals surface area contributed by atoms with Crippen LogP contribution in [0.25, 0.3) is 0 Å². The van der Waals surface area contributed by atoms with Crippen molar-refractivity contribution in [2.24, 2.45) is 11.8 Å². The molecule has 0 bridgehead atoms. The fourth-order valence-corrected chi connectivity index (χ4v) is 2.56. The Balaban J connectivity index is 2.72.